The Bertz CT molecular complexity index is 475. The smallest absolute Gasteiger partial charge is 0.338 e. The second-order valence-corrected chi connectivity index (χ2v) is 4.91. The van der Waals surface area contributed by atoms with Crippen LogP contribution in [0.2, 0.25) is 0 Å². The summed E-state index contributed by atoms with van der Waals surface area (Å²) < 4.78 is 38.5. The Balaban J connectivity index is 2.25. The summed E-state index contributed by atoms with van der Waals surface area (Å²) in [6, 6.07) is 4.88. The van der Waals surface area contributed by atoms with Gasteiger partial charge in [-0.1, -0.05) is 12.1 Å². The minimum Gasteiger partial charge on any atom is -0.338 e. The van der Waals surface area contributed by atoms with Crippen LogP contribution in [0.3, 0.4) is 0 Å². The van der Waals surface area contributed by atoms with Crippen molar-refractivity contribution in [1.29, 1.82) is 0 Å². The Morgan fingerprint density at radius 1 is 1.37 bits per heavy atom. The van der Waals surface area contributed by atoms with Crippen LogP contribution in [0.15, 0.2) is 24.3 Å². The van der Waals surface area contributed by atoms with Crippen LogP contribution < -0.4 is 0 Å². The van der Waals surface area contributed by atoms with Crippen LogP contribution in [0.4, 0.5) is 13.2 Å². The van der Waals surface area contributed by atoms with E-state index in [9.17, 15) is 18.0 Å². The summed E-state index contributed by atoms with van der Waals surface area (Å²) in [5.41, 5.74) is -1.17. The molecule has 1 aliphatic heterocycles. The molecule has 0 aromatic heterocycles. The molecule has 2 nitrogen and oxygen atoms in total. The van der Waals surface area contributed by atoms with Crippen LogP contribution in [-0.4, -0.2) is 29.8 Å². The molecule has 1 aliphatic rings. The molecule has 1 amide bonds. The molecule has 1 atom stereocenters. The summed E-state index contributed by atoms with van der Waals surface area (Å²) in [6.07, 6.45) is -3.78. The fourth-order valence-electron chi connectivity index (χ4n) is 2.23. The molecule has 0 saturated carbocycles. The molecule has 104 valence electrons. The summed E-state index contributed by atoms with van der Waals surface area (Å²) in [5, 5.41) is 0. The highest BCUT2D eigenvalue weighted by atomic mass is 35.5. The lowest BCUT2D eigenvalue weighted by Gasteiger charge is -2.19. The number of hydrogen-bond donors (Lipinski definition) is 0. The SMILES string of the molecule is O=C(c1ccccc1C(F)(F)F)N1CCC(CCl)C1. The minimum atomic E-state index is -4.52. The van der Waals surface area contributed by atoms with Crippen molar-refractivity contribution in [3.05, 3.63) is 35.4 Å². The maximum atomic E-state index is 12.8. The monoisotopic (exact) mass is 291 g/mol. The zero-order valence-corrected chi connectivity index (χ0v) is 10.8. The highest BCUT2D eigenvalue weighted by Crippen LogP contribution is 2.33. The van der Waals surface area contributed by atoms with E-state index in [-0.39, 0.29) is 11.5 Å². The molecule has 19 heavy (non-hydrogen) atoms. The van der Waals surface area contributed by atoms with Gasteiger partial charge in [0.2, 0.25) is 0 Å². The normalized spacial score (nSPS) is 19.8. The maximum Gasteiger partial charge on any atom is 0.417 e. The fraction of sp³-hybridized carbons (Fsp3) is 0.462. The molecule has 0 radical (unpaired) electrons. The second-order valence-electron chi connectivity index (χ2n) is 4.60. The number of rotatable bonds is 2. The van der Waals surface area contributed by atoms with Gasteiger partial charge in [0, 0.05) is 19.0 Å². The van der Waals surface area contributed by atoms with E-state index < -0.39 is 17.6 Å². The Morgan fingerprint density at radius 3 is 2.63 bits per heavy atom. The third-order valence-corrected chi connectivity index (χ3v) is 3.69. The van der Waals surface area contributed by atoms with Gasteiger partial charge in [0.1, 0.15) is 0 Å². The first-order valence-corrected chi connectivity index (χ1v) is 6.48. The van der Waals surface area contributed by atoms with E-state index >= 15 is 0 Å². The van der Waals surface area contributed by atoms with Crippen molar-refractivity contribution >= 4 is 17.5 Å². The standard InChI is InChI=1S/C13H13ClF3NO/c14-7-9-5-6-18(8-9)12(19)10-3-1-2-4-11(10)13(15,16)17/h1-4,9H,5-8H2. The Hall–Kier alpha value is -1.23. The van der Waals surface area contributed by atoms with E-state index in [0.29, 0.717) is 19.0 Å². The first-order valence-electron chi connectivity index (χ1n) is 5.95. The minimum absolute atomic E-state index is 0.170. The topological polar surface area (TPSA) is 20.3 Å². The van der Waals surface area contributed by atoms with Crippen molar-refractivity contribution in [2.45, 2.75) is 12.6 Å². The number of alkyl halides is 4. The lowest BCUT2D eigenvalue weighted by Crippen LogP contribution is -2.30. The lowest BCUT2D eigenvalue weighted by molar-refractivity contribution is -0.138. The molecular formula is C13H13ClF3NO. The summed E-state index contributed by atoms with van der Waals surface area (Å²) in [4.78, 5) is 13.6. The molecule has 1 aromatic carbocycles. The van der Waals surface area contributed by atoms with Gasteiger partial charge in [0.05, 0.1) is 11.1 Å². The molecule has 2 rings (SSSR count). The Kier molecular flexibility index (Phi) is 4.04. The van der Waals surface area contributed by atoms with Gasteiger partial charge in [-0.3, -0.25) is 4.79 Å². The predicted octanol–water partition coefficient (Wildman–Crippen LogP) is 3.41. The van der Waals surface area contributed by atoms with Gasteiger partial charge in [-0.2, -0.15) is 13.2 Å². The Morgan fingerprint density at radius 2 is 2.05 bits per heavy atom. The van der Waals surface area contributed by atoms with Gasteiger partial charge in [0.15, 0.2) is 0 Å². The van der Waals surface area contributed by atoms with E-state index in [4.69, 9.17) is 11.6 Å². The molecule has 1 aromatic rings. The fourth-order valence-corrected chi connectivity index (χ4v) is 2.48. The van der Waals surface area contributed by atoms with E-state index in [1.165, 1.54) is 23.1 Å². The number of likely N-dealkylation sites (tertiary alicyclic amines) is 1. The molecule has 6 heteroatoms. The number of carbonyl (C=O) groups is 1. The lowest BCUT2D eigenvalue weighted by atomic mass is 10.1. The van der Waals surface area contributed by atoms with Crippen molar-refractivity contribution in [2.75, 3.05) is 19.0 Å². The molecule has 1 fully saturated rings. The maximum absolute atomic E-state index is 12.8. The van der Waals surface area contributed by atoms with Crippen LogP contribution in [0, 0.1) is 5.92 Å². The van der Waals surface area contributed by atoms with Crippen molar-refractivity contribution in [1.82, 2.24) is 4.90 Å². The van der Waals surface area contributed by atoms with Crippen LogP contribution in [-0.2, 0) is 6.18 Å². The zero-order chi connectivity index (χ0) is 14.0. The highest BCUT2D eigenvalue weighted by Gasteiger charge is 2.37. The van der Waals surface area contributed by atoms with Crippen molar-refractivity contribution in [2.24, 2.45) is 5.92 Å². The summed E-state index contributed by atoms with van der Waals surface area (Å²) in [6.45, 7) is 0.886. The first-order chi connectivity index (χ1) is 8.93. The number of halogens is 4. The van der Waals surface area contributed by atoms with Crippen LogP contribution >= 0.6 is 11.6 Å². The average molecular weight is 292 g/mol. The number of carbonyl (C=O) groups excluding carboxylic acids is 1. The van der Waals surface area contributed by atoms with E-state index in [1.807, 2.05) is 0 Å². The van der Waals surface area contributed by atoms with Gasteiger partial charge in [-0.15, -0.1) is 11.6 Å². The third kappa shape index (κ3) is 3.03. The molecule has 1 saturated heterocycles. The van der Waals surface area contributed by atoms with Gasteiger partial charge < -0.3 is 4.90 Å². The molecule has 0 spiro atoms. The quantitative estimate of drug-likeness (QED) is 0.765. The molecule has 0 N–H and O–H groups in total. The van der Waals surface area contributed by atoms with Crippen LogP contribution in [0.5, 0.6) is 0 Å². The molecule has 0 aliphatic carbocycles. The van der Waals surface area contributed by atoms with Gasteiger partial charge >= 0.3 is 6.18 Å². The molecular weight excluding hydrogens is 279 g/mol. The van der Waals surface area contributed by atoms with E-state index in [0.717, 1.165) is 12.5 Å². The predicted molar refractivity (Wildman–Crippen MR) is 66.2 cm³/mol. The van der Waals surface area contributed by atoms with Gasteiger partial charge in [-0.05, 0) is 24.5 Å². The highest BCUT2D eigenvalue weighted by molar-refractivity contribution is 6.18. The average Bonchev–Trinajstić information content (AvgIpc) is 2.85. The van der Waals surface area contributed by atoms with E-state index in [2.05, 4.69) is 0 Å². The van der Waals surface area contributed by atoms with Crippen molar-refractivity contribution in [3.63, 3.8) is 0 Å². The van der Waals surface area contributed by atoms with E-state index in [1.54, 1.807) is 0 Å². The first kappa shape index (κ1) is 14.2. The third-order valence-electron chi connectivity index (χ3n) is 3.25. The summed E-state index contributed by atoms with van der Waals surface area (Å²) in [7, 11) is 0. The number of nitrogens with zero attached hydrogens (tertiary/aromatic N) is 1. The molecule has 0 bridgehead atoms. The Labute approximate surface area is 114 Å². The van der Waals surface area contributed by atoms with Gasteiger partial charge in [0.25, 0.3) is 5.91 Å². The number of hydrogen-bond acceptors (Lipinski definition) is 1. The summed E-state index contributed by atoms with van der Waals surface area (Å²) in [5.74, 6) is 0.0224. The summed E-state index contributed by atoms with van der Waals surface area (Å²) >= 11 is 5.71. The van der Waals surface area contributed by atoms with Gasteiger partial charge in [-0.25, -0.2) is 0 Å². The second kappa shape index (κ2) is 5.41. The zero-order valence-electron chi connectivity index (χ0n) is 10.1. The molecule has 1 unspecified atom stereocenters. The largest absolute Gasteiger partial charge is 0.417 e. The van der Waals surface area contributed by atoms with Crippen LogP contribution in [0.25, 0.3) is 0 Å². The molecule has 1 heterocycles. The van der Waals surface area contributed by atoms with Crippen LogP contribution in [0.1, 0.15) is 22.3 Å². The number of benzene rings is 1. The van der Waals surface area contributed by atoms with Crippen molar-refractivity contribution in [3.8, 4) is 0 Å². The number of amides is 1. The van der Waals surface area contributed by atoms with Crippen molar-refractivity contribution < 1.29 is 18.0 Å².